The molecule has 2 aromatic carbocycles. The summed E-state index contributed by atoms with van der Waals surface area (Å²) >= 11 is 0. The van der Waals surface area contributed by atoms with E-state index in [2.05, 4.69) is 41.4 Å². The minimum atomic E-state index is -0.379. The largest absolute Gasteiger partial charge is 0.369 e. The molecule has 0 unspecified atom stereocenters. The molecule has 1 aliphatic carbocycles. The number of hydrogen-bond donors (Lipinski definition) is 0. The van der Waals surface area contributed by atoms with Crippen LogP contribution >= 0.6 is 0 Å². The Morgan fingerprint density at radius 3 is 2.19 bits per heavy atom. The molecule has 0 aliphatic heterocycles. The van der Waals surface area contributed by atoms with E-state index in [4.69, 9.17) is 4.74 Å². The first kappa shape index (κ1) is 20.2. The summed E-state index contributed by atoms with van der Waals surface area (Å²) < 4.78 is 10.7. The zero-order valence-corrected chi connectivity index (χ0v) is 18.1. The van der Waals surface area contributed by atoms with E-state index >= 15 is 0 Å². The molecule has 0 amide bonds. The van der Waals surface area contributed by atoms with Gasteiger partial charge in [-0.2, -0.15) is 0 Å². The van der Waals surface area contributed by atoms with Crippen LogP contribution in [0.2, 0.25) is 0 Å². The van der Waals surface area contributed by atoms with Crippen LogP contribution in [0.25, 0.3) is 23.3 Å². The lowest BCUT2D eigenvalue weighted by atomic mass is 9.96. The van der Waals surface area contributed by atoms with E-state index in [1.807, 2.05) is 24.3 Å². The van der Waals surface area contributed by atoms with Crippen LogP contribution in [0.15, 0.2) is 64.4 Å². The standard InChI is InChI=1S/C25H24N4O3/c1-27-23-21(24(30)28(2)25(27)31)29(16-26-23)14-7-15-32-22-19-10-5-3-8-17(19)12-13-18-9-4-6-11-20(18)22/h3-6,8-13,16,22H,7,14-15H2,1-2H3. The molecule has 0 saturated heterocycles. The SMILES string of the molecule is Cn1c(=O)c2c(ncn2CCCOC2c3ccccc3C=Cc3ccccc32)n(C)c1=O. The number of ether oxygens (including phenoxy) is 1. The van der Waals surface area contributed by atoms with E-state index in [1.54, 1.807) is 17.9 Å². The third kappa shape index (κ3) is 3.31. The highest BCUT2D eigenvalue weighted by atomic mass is 16.5. The number of fused-ring (bicyclic) bond motifs is 3. The Balaban J connectivity index is 1.38. The van der Waals surface area contributed by atoms with Crippen LogP contribution in [0.5, 0.6) is 0 Å². The minimum Gasteiger partial charge on any atom is -0.369 e. The van der Waals surface area contributed by atoms with E-state index in [1.165, 1.54) is 11.6 Å². The number of aromatic nitrogens is 4. The maximum atomic E-state index is 12.6. The van der Waals surface area contributed by atoms with Gasteiger partial charge in [-0.1, -0.05) is 60.7 Å². The van der Waals surface area contributed by atoms with Gasteiger partial charge in [-0.05, 0) is 28.7 Å². The lowest BCUT2D eigenvalue weighted by Crippen LogP contribution is -2.37. The third-order valence-corrected chi connectivity index (χ3v) is 6.04. The smallest absolute Gasteiger partial charge is 0.332 e. The van der Waals surface area contributed by atoms with Crippen molar-refractivity contribution in [2.45, 2.75) is 19.1 Å². The fourth-order valence-electron chi connectivity index (χ4n) is 4.33. The Hall–Kier alpha value is -3.71. The van der Waals surface area contributed by atoms with Gasteiger partial charge in [0.2, 0.25) is 0 Å². The van der Waals surface area contributed by atoms with Crippen molar-refractivity contribution in [3.05, 3.63) is 98.0 Å². The summed E-state index contributed by atoms with van der Waals surface area (Å²) in [5.74, 6) is 0. The molecule has 1 aliphatic rings. The molecule has 5 rings (SSSR count). The van der Waals surface area contributed by atoms with Crippen molar-refractivity contribution in [1.29, 1.82) is 0 Å². The molecule has 0 saturated carbocycles. The Morgan fingerprint density at radius 2 is 1.53 bits per heavy atom. The second kappa shape index (κ2) is 8.09. The molecule has 2 heterocycles. The van der Waals surface area contributed by atoms with Crippen LogP contribution in [-0.4, -0.2) is 25.3 Å². The van der Waals surface area contributed by atoms with Gasteiger partial charge in [0.15, 0.2) is 11.2 Å². The monoisotopic (exact) mass is 428 g/mol. The summed E-state index contributed by atoms with van der Waals surface area (Å²) in [5, 5.41) is 0. The van der Waals surface area contributed by atoms with Gasteiger partial charge < -0.3 is 9.30 Å². The Labute approximate surface area is 184 Å². The van der Waals surface area contributed by atoms with Gasteiger partial charge >= 0.3 is 5.69 Å². The van der Waals surface area contributed by atoms with Crippen LogP contribution in [0.4, 0.5) is 0 Å². The lowest BCUT2D eigenvalue weighted by molar-refractivity contribution is 0.0760. The van der Waals surface area contributed by atoms with Crippen LogP contribution in [-0.2, 0) is 25.4 Å². The number of imidazole rings is 1. The van der Waals surface area contributed by atoms with Crippen molar-refractivity contribution in [2.75, 3.05) is 6.61 Å². The van der Waals surface area contributed by atoms with Crippen molar-refractivity contribution in [1.82, 2.24) is 18.7 Å². The highest BCUT2D eigenvalue weighted by molar-refractivity contribution is 5.76. The van der Waals surface area contributed by atoms with Crippen molar-refractivity contribution < 1.29 is 4.74 Å². The summed E-state index contributed by atoms with van der Waals surface area (Å²) in [6, 6.07) is 16.6. The first-order chi connectivity index (χ1) is 15.6. The van der Waals surface area contributed by atoms with Crippen molar-refractivity contribution in [3.8, 4) is 0 Å². The molecule has 2 aromatic heterocycles. The first-order valence-corrected chi connectivity index (χ1v) is 10.6. The maximum absolute atomic E-state index is 12.6. The second-order valence-corrected chi connectivity index (χ2v) is 8.01. The number of benzene rings is 2. The predicted octanol–water partition coefficient (Wildman–Crippen LogP) is 3.11. The van der Waals surface area contributed by atoms with Crippen LogP contribution < -0.4 is 11.2 Å². The van der Waals surface area contributed by atoms with E-state index < -0.39 is 0 Å². The van der Waals surface area contributed by atoms with Gasteiger partial charge in [-0.25, -0.2) is 9.78 Å². The van der Waals surface area contributed by atoms with E-state index in [9.17, 15) is 9.59 Å². The summed E-state index contributed by atoms with van der Waals surface area (Å²) in [7, 11) is 3.11. The van der Waals surface area contributed by atoms with Gasteiger partial charge in [0, 0.05) is 27.2 Å². The maximum Gasteiger partial charge on any atom is 0.332 e. The summed E-state index contributed by atoms with van der Waals surface area (Å²) in [5.41, 5.74) is 4.71. The molecule has 162 valence electrons. The molecule has 0 bridgehead atoms. The second-order valence-electron chi connectivity index (χ2n) is 8.01. The highest BCUT2D eigenvalue weighted by Gasteiger charge is 2.21. The average molecular weight is 428 g/mol. The molecule has 7 nitrogen and oxygen atoms in total. The van der Waals surface area contributed by atoms with Crippen LogP contribution in [0.1, 0.15) is 34.8 Å². The number of rotatable bonds is 5. The topological polar surface area (TPSA) is 71.0 Å². The van der Waals surface area contributed by atoms with E-state index in [0.29, 0.717) is 30.7 Å². The molecule has 0 radical (unpaired) electrons. The Bertz CT molecular complexity index is 1410. The van der Waals surface area contributed by atoms with Crippen molar-refractivity contribution >= 4 is 23.3 Å². The van der Waals surface area contributed by atoms with E-state index in [-0.39, 0.29) is 17.4 Å². The molecule has 0 fully saturated rings. The van der Waals surface area contributed by atoms with Crippen LogP contribution in [0.3, 0.4) is 0 Å². The van der Waals surface area contributed by atoms with Crippen molar-refractivity contribution in [2.24, 2.45) is 14.1 Å². The quantitative estimate of drug-likeness (QED) is 0.458. The number of hydrogen-bond acceptors (Lipinski definition) is 4. The Morgan fingerprint density at radius 1 is 0.906 bits per heavy atom. The molecule has 0 N–H and O–H groups in total. The number of nitrogens with zero attached hydrogens (tertiary/aromatic N) is 4. The first-order valence-electron chi connectivity index (χ1n) is 10.6. The summed E-state index contributed by atoms with van der Waals surface area (Å²) in [6.07, 6.45) is 6.42. The summed E-state index contributed by atoms with van der Waals surface area (Å²) in [4.78, 5) is 29.0. The van der Waals surface area contributed by atoms with Crippen LogP contribution in [0, 0.1) is 0 Å². The fourth-order valence-corrected chi connectivity index (χ4v) is 4.33. The zero-order chi connectivity index (χ0) is 22.2. The third-order valence-electron chi connectivity index (χ3n) is 6.04. The van der Waals surface area contributed by atoms with Gasteiger partial charge in [0.25, 0.3) is 5.56 Å². The summed E-state index contributed by atoms with van der Waals surface area (Å²) in [6.45, 7) is 1.08. The molecule has 4 aromatic rings. The molecule has 0 atom stereocenters. The lowest BCUT2D eigenvalue weighted by Gasteiger charge is -2.21. The molecule has 0 spiro atoms. The van der Waals surface area contributed by atoms with Gasteiger partial charge in [0.05, 0.1) is 6.33 Å². The van der Waals surface area contributed by atoms with Gasteiger partial charge in [0.1, 0.15) is 6.10 Å². The Kier molecular flexibility index (Phi) is 5.11. The molecular weight excluding hydrogens is 404 g/mol. The predicted molar refractivity (Wildman–Crippen MR) is 124 cm³/mol. The normalized spacial score (nSPS) is 13.2. The number of aryl methyl sites for hydroxylation is 2. The molecule has 32 heavy (non-hydrogen) atoms. The fraction of sp³-hybridized carbons (Fsp3) is 0.240. The highest BCUT2D eigenvalue weighted by Crippen LogP contribution is 2.35. The molecule has 7 heteroatoms. The van der Waals surface area contributed by atoms with Gasteiger partial charge in [-0.3, -0.25) is 13.9 Å². The average Bonchev–Trinajstić information content (AvgIpc) is 3.17. The zero-order valence-electron chi connectivity index (χ0n) is 18.1. The van der Waals surface area contributed by atoms with E-state index in [0.717, 1.165) is 26.8 Å². The van der Waals surface area contributed by atoms with Gasteiger partial charge in [-0.15, -0.1) is 0 Å². The minimum absolute atomic E-state index is 0.161. The molecular formula is C25H24N4O3. The van der Waals surface area contributed by atoms with Crippen molar-refractivity contribution in [3.63, 3.8) is 0 Å².